The van der Waals surface area contributed by atoms with Gasteiger partial charge in [-0.2, -0.15) is 0 Å². The Balaban J connectivity index is 1.87. The van der Waals surface area contributed by atoms with Gasteiger partial charge in [-0.25, -0.2) is 4.98 Å². The van der Waals surface area contributed by atoms with Gasteiger partial charge in [-0.05, 0) is 65.1 Å². The molecule has 1 aliphatic heterocycles. The summed E-state index contributed by atoms with van der Waals surface area (Å²) in [7, 11) is 2.25. The Kier molecular flexibility index (Phi) is 4.43. The van der Waals surface area contributed by atoms with Gasteiger partial charge in [0.25, 0.3) is 0 Å². The Morgan fingerprint density at radius 1 is 1.25 bits per heavy atom. The minimum Gasteiger partial charge on any atom is -0.306 e. The molecule has 1 atom stereocenters. The number of nitrogens with zero attached hydrogens (tertiary/aromatic N) is 2. The monoisotopic (exact) mass is 293 g/mol. The summed E-state index contributed by atoms with van der Waals surface area (Å²) in [5.41, 5.74) is 1.55. The van der Waals surface area contributed by atoms with Gasteiger partial charge in [0.2, 0.25) is 0 Å². The molecule has 0 saturated carbocycles. The maximum absolute atomic E-state index is 5.04. The molecule has 1 saturated heterocycles. The van der Waals surface area contributed by atoms with E-state index < -0.39 is 0 Å². The van der Waals surface area contributed by atoms with Crippen LogP contribution >= 0.6 is 11.3 Å². The molecule has 0 bridgehead atoms. The van der Waals surface area contributed by atoms with E-state index in [1.54, 1.807) is 4.88 Å². The average Bonchev–Trinajstić information content (AvgIpc) is 2.98. The molecular weight excluding hydrogens is 266 g/mol. The fourth-order valence-corrected chi connectivity index (χ4v) is 4.87. The molecule has 0 spiro atoms. The molecule has 1 N–H and O–H groups in total. The minimum atomic E-state index is 0.149. The van der Waals surface area contributed by atoms with Crippen molar-refractivity contribution in [2.24, 2.45) is 0 Å². The van der Waals surface area contributed by atoms with Crippen LogP contribution in [-0.2, 0) is 18.4 Å². The molecule has 0 amide bonds. The van der Waals surface area contributed by atoms with E-state index in [9.17, 15) is 0 Å². The molecule has 2 aliphatic rings. The summed E-state index contributed by atoms with van der Waals surface area (Å²) in [5, 5.41) is 5.25. The highest BCUT2D eigenvalue weighted by atomic mass is 32.1. The number of nitrogens with one attached hydrogen (secondary N) is 1. The van der Waals surface area contributed by atoms with Crippen molar-refractivity contribution >= 4 is 11.3 Å². The predicted molar refractivity (Wildman–Crippen MR) is 85.5 cm³/mol. The van der Waals surface area contributed by atoms with Crippen molar-refractivity contribution < 1.29 is 0 Å². The van der Waals surface area contributed by atoms with Crippen molar-refractivity contribution in [2.45, 2.75) is 57.4 Å². The van der Waals surface area contributed by atoms with Gasteiger partial charge in [-0.15, -0.1) is 11.3 Å². The average molecular weight is 293 g/mol. The summed E-state index contributed by atoms with van der Waals surface area (Å²) in [6, 6.07) is 0. The number of thiazole rings is 1. The van der Waals surface area contributed by atoms with Gasteiger partial charge in [-0.3, -0.25) is 0 Å². The molecular formula is C16H27N3S. The number of aromatic nitrogens is 1. The van der Waals surface area contributed by atoms with Gasteiger partial charge < -0.3 is 10.2 Å². The first-order valence-electron chi connectivity index (χ1n) is 8.16. The van der Waals surface area contributed by atoms with E-state index in [1.807, 2.05) is 11.3 Å². The number of rotatable bonds is 4. The summed E-state index contributed by atoms with van der Waals surface area (Å²) in [5.74, 6) is 0. The molecule has 0 radical (unpaired) electrons. The van der Waals surface area contributed by atoms with Crippen molar-refractivity contribution in [1.29, 1.82) is 0 Å². The van der Waals surface area contributed by atoms with Crippen LogP contribution in [0.4, 0.5) is 0 Å². The largest absolute Gasteiger partial charge is 0.306 e. The lowest BCUT2D eigenvalue weighted by atomic mass is 9.91. The van der Waals surface area contributed by atoms with Crippen LogP contribution in [-0.4, -0.2) is 36.6 Å². The Bertz CT molecular complexity index is 431. The van der Waals surface area contributed by atoms with E-state index in [2.05, 4.69) is 24.2 Å². The first-order valence-corrected chi connectivity index (χ1v) is 8.98. The van der Waals surface area contributed by atoms with E-state index in [-0.39, 0.29) is 5.54 Å². The summed E-state index contributed by atoms with van der Waals surface area (Å²) in [6.07, 6.45) is 8.69. The second-order valence-electron chi connectivity index (χ2n) is 6.41. The topological polar surface area (TPSA) is 28.2 Å². The molecule has 1 aromatic heterocycles. The smallest absolute Gasteiger partial charge is 0.113 e. The summed E-state index contributed by atoms with van der Waals surface area (Å²) >= 11 is 2.00. The number of aryl methyl sites for hydroxylation is 2. The van der Waals surface area contributed by atoms with Gasteiger partial charge in [0, 0.05) is 11.4 Å². The van der Waals surface area contributed by atoms with Gasteiger partial charge in [-0.1, -0.05) is 6.92 Å². The van der Waals surface area contributed by atoms with Crippen LogP contribution in [0.25, 0.3) is 0 Å². The zero-order valence-electron chi connectivity index (χ0n) is 12.9. The molecule has 3 rings (SSSR count). The van der Waals surface area contributed by atoms with Crippen molar-refractivity contribution in [1.82, 2.24) is 15.2 Å². The lowest BCUT2D eigenvalue weighted by Gasteiger charge is -2.32. The third kappa shape index (κ3) is 2.78. The molecule has 0 aromatic carbocycles. The van der Waals surface area contributed by atoms with Crippen LogP contribution in [0.2, 0.25) is 0 Å². The Hall–Kier alpha value is -0.450. The second kappa shape index (κ2) is 6.12. The fourth-order valence-electron chi connectivity index (χ4n) is 3.49. The number of hydrogen-bond donors (Lipinski definition) is 1. The van der Waals surface area contributed by atoms with Crippen LogP contribution in [0.3, 0.4) is 0 Å². The molecule has 1 fully saturated rings. The standard InChI is InChI=1S/C16H27N3S/c1-3-10-17-16(8-5-11-19(2)12-9-16)15-18-13-6-4-7-14(13)20-15/h17H,3-12H2,1-2H3. The van der Waals surface area contributed by atoms with Crippen molar-refractivity contribution in [3.05, 3.63) is 15.6 Å². The van der Waals surface area contributed by atoms with Gasteiger partial charge >= 0.3 is 0 Å². The highest BCUT2D eigenvalue weighted by Gasteiger charge is 2.37. The minimum absolute atomic E-state index is 0.149. The predicted octanol–water partition coefficient (Wildman–Crippen LogP) is 2.94. The zero-order chi connectivity index (χ0) is 14.0. The molecule has 1 unspecified atom stereocenters. The highest BCUT2D eigenvalue weighted by molar-refractivity contribution is 7.12. The Labute approximate surface area is 126 Å². The number of fused-ring (bicyclic) bond motifs is 1. The SMILES string of the molecule is CCCNC1(c2nc3c(s2)CCC3)CCCN(C)CC1. The summed E-state index contributed by atoms with van der Waals surface area (Å²) in [6.45, 7) is 5.76. The molecule has 4 heteroatoms. The molecule has 2 heterocycles. The quantitative estimate of drug-likeness (QED) is 0.925. The van der Waals surface area contributed by atoms with E-state index in [4.69, 9.17) is 4.98 Å². The fraction of sp³-hybridized carbons (Fsp3) is 0.812. The molecule has 1 aliphatic carbocycles. The summed E-state index contributed by atoms with van der Waals surface area (Å²) < 4.78 is 0. The van der Waals surface area contributed by atoms with Crippen LogP contribution in [0.15, 0.2) is 0 Å². The Morgan fingerprint density at radius 3 is 2.95 bits per heavy atom. The number of hydrogen-bond acceptors (Lipinski definition) is 4. The van der Waals surface area contributed by atoms with E-state index in [1.165, 1.54) is 68.7 Å². The van der Waals surface area contributed by atoms with Gasteiger partial charge in [0.1, 0.15) is 5.01 Å². The molecule has 1 aromatic rings. The number of likely N-dealkylation sites (tertiary alicyclic amines) is 1. The van der Waals surface area contributed by atoms with Crippen molar-refractivity contribution in [3.8, 4) is 0 Å². The van der Waals surface area contributed by atoms with Gasteiger partial charge in [0.15, 0.2) is 0 Å². The Morgan fingerprint density at radius 2 is 2.15 bits per heavy atom. The lowest BCUT2D eigenvalue weighted by molar-refractivity contribution is 0.279. The zero-order valence-corrected chi connectivity index (χ0v) is 13.7. The first-order chi connectivity index (χ1) is 9.73. The van der Waals surface area contributed by atoms with Crippen LogP contribution in [0, 0.1) is 0 Å². The maximum atomic E-state index is 5.04. The normalized spacial score (nSPS) is 27.5. The van der Waals surface area contributed by atoms with Crippen molar-refractivity contribution in [2.75, 3.05) is 26.7 Å². The van der Waals surface area contributed by atoms with Gasteiger partial charge in [0.05, 0.1) is 11.2 Å². The third-order valence-corrected chi connectivity index (χ3v) is 6.14. The lowest BCUT2D eigenvalue weighted by Crippen LogP contribution is -2.43. The van der Waals surface area contributed by atoms with E-state index in [0.717, 1.165) is 6.54 Å². The van der Waals surface area contributed by atoms with Crippen LogP contribution in [0.5, 0.6) is 0 Å². The molecule has 3 nitrogen and oxygen atoms in total. The van der Waals surface area contributed by atoms with E-state index >= 15 is 0 Å². The molecule has 20 heavy (non-hydrogen) atoms. The van der Waals surface area contributed by atoms with Crippen LogP contribution < -0.4 is 5.32 Å². The van der Waals surface area contributed by atoms with Crippen molar-refractivity contribution in [3.63, 3.8) is 0 Å². The maximum Gasteiger partial charge on any atom is 0.113 e. The van der Waals surface area contributed by atoms with Crippen LogP contribution in [0.1, 0.15) is 54.6 Å². The third-order valence-electron chi connectivity index (χ3n) is 4.78. The van der Waals surface area contributed by atoms with E-state index in [0.29, 0.717) is 0 Å². The summed E-state index contributed by atoms with van der Waals surface area (Å²) in [4.78, 5) is 9.08. The second-order valence-corrected chi connectivity index (χ2v) is 7.49. The highest BCUT2D eigenvalue weighted by Crippen LogP contribution is 2.38. The molecule has 112 valence electrons. The first kappa shape index (κ1) is 14.5.